The number of fused-ring (bicyclic) bond motifs is 7. The summed E-state index contributed by atoms with van der Waals surface area (Å²) in [4.78, 5) is 0. The van der Waals surface area contributed by atoms with Crippen LogP contribution in [0.4, 0.5) is 13.2 Å². The zero-order valence-electron chi connectivity index (χ0n) is 22.6. The molecule has 1 N–H and O–H groups in total. The molecule has 0 spiro atoms. The van der Waals surface area contributed by atoms with E-state index in [0.717, 1.165) is 21.5 Å². The van der Waals surface area contributed by atoms with Gasteiger partial charge in [0.05, 0.1) is 0 Å². The molecule has 0 radical (unpaired) electrons. The van der Waals surface area contributed by atoms with Crippen LogP contribution in [-0.2, 0) is 21.8 Å². The average Bonchev–Trinajstić information content (AvgIpc) is 3.14. The van der Waals surface area contributed by atoms with Crippen LogP contribution < -0.4 is 13.5 Å². The van der Waals surface area contributed by atoms with Gasteiger partial charge in [0.1, 0.15) is 11.5 Å². The zero-order chi connectivity index (χ0) is 30.7. The fourth-order valence-electron chi connectivity index (χ4n) is 5.50. The second-order valence-corrected chi connectivity index (χ2v) is 15.2. The van der Waals surface area contributed by atoms with Crippen molar-refractivity contribution in [2.45, 2.75) is 5.51 Å². The molecule has 0 saturated carbocycles. The molecule has 6 aromatic rings. The molecule has 6 aromatic carbocycles. The molecule has 0 aliphatic carbocycles. The topological polar surface area (TPSA) is 64.6 Å². The fraction of sp³-hybridized carbons (Fsp3) is 0.0303. The van der Waals surface area contributed by atoms with Crippen molar-refractivity contribution < 1.29 is 30.6 Å². The minimum Gasteiger partial charge on any atom is -0.423 e. The van der Waals surface area contributed by atoms with Crippen molar-refractivity contribution >= 4 is 50.0 Å². The van der Waals surface area contributed by atoms with Gasteiger partial charge in [-0.1, -0.05) is 109 Å². The van der Waals surface area contributed by atoms with Crippen LogP contribution in [0.3, 0.4) is 0 Å². The van der Waals surface area contributed by atoms with Crippen molar-refractivity contribution in [1.29, 1.82) is 0 Å². The zero-order valence-corrected chi connectivity index (χ0v) is 25.1. The van der Waals surface area contributed by atoms with Crippen molar-refractivity contribution in [2.75, 3.05) is 0 Å². The summed E-state index contributed by atoms with van der Waals surface area (Å²) in [5.74, 6) is 0.245. The van der Waals surface area contributed by atoms with Crippen LogP contribution in [0.5, 0.6) is 11.5 Å². The molecule has 0 unspecified atom stereocenters. The predicted octanol–water partition coefficient (Wildman–Crippen LogP) is 9.43. The third-order valence-electron chi connectivity index (χ3n) is 7.38. The van der Waals surface area contributed by atoms with E-state index in [0.29, 0.717) is 33.4 Å². The van der Waals surface area contributed by atoms with Crippen LogP contribution in [0.2, 0.25) is 0 Å². The maximum absolute atomic E-state index is 13.8. The van der Waals surface area contributed by atoms with Gasteiger partial charge in [-0.15, -0.1) is 4.49 Å². The second-order valence-electron chi connectivity index (χ2n) is 10.2. The fourth-order valence-corrected chi connectivity index (χ4v) is 9.62. The minimum atomic E-state index is -5.97. The Kier molecular flexibility index (Phi) is 6.78. The molecular formula is C33H21F3NO4PS2. The number of sulfonamides is 1. The van der Waals surface area contributed by atoms with E-state index in [1.165, 1.54) is 0 Å². The molecule has 5 nitrogen and oxygen atoms in total. The first-order chi connectivity index (χ1) is 21.0. The van der Waals surface area contributed by atoms with Crippen LogP contribution in [0.25, 0.3) is 54.9 Å². The first-order valence-electron chi connectivity index (χ1n) is 13.4. The highest BCUT2D eigenvalue weighted by Gasteiger charge is 2.51. The molecule has 220 valence electrons. The lowest BCUT2D eigenvalue weighted by Crippen LogP contribution is -2.36. The van der Waals surface area contributed by atoms with Gasteiger partial charge in [-0.25, -0.2) is 8.42 Å². The molecule has 11 heteroatoms. The molecule has 1 aliphatic rings. The van der Waals surface area contributed by atoms with Crippen molar-refractivity contribution in [2.24, 2.45) is 0 Å². The summed E-state index contributed by atoms with van der Waals surface area (Å²) >= 11 is 5.65. The summed E-state index contributed by atoms with van der Waals surface area (Å²) in [5, 5.41) is 3.12. The molecule has 1 heterocycles. The number of hydrogen-bond acceptors (Lipinski definition) is 5. The summed E-state index contributed by atoms with van der Waals surface area (Å²) in [6.07, 6.45) is 0. The quantitative estimate of drug-likeness (QED) is 0.193. The summed E-state index contributed by atoms with van der Waals surface area (Å²) < 4.78 is 80.6. The van der Waals surface area contributed by atoms with E-state index in [1.54, 1.807) is 4.49 Å². The first kappa shape index (κ1) is 28.6. The molecule has 0 aromatic heterocycles. The van der Waals surface area contributed by atoms with Crippen LogP contribution >= 0.6 is 6.64 Å². The average molecular weight is 648 g/mol. The van der Waals surface area contributed by atoms with E-state index in [2.05, 4.69) is 0 Å². The maximum Gasteiger partial charge on any atom is 0.511 e. The largest absolute Gasteiger partial charge is 0.511 e. The molecular weight excluding hydrogens is 626 g/mol. The Morgan fingerprint density at radius 3 is 1.41 bits per heavy atom. The predicted molar refractivity (Wildman–Crippen MR) is 171 cm³/mol. The molecule has 0 fully saturated rings. The highest BCUT2D eigenvalue weighted by Crippen LogP contribution is 2.62. The van der Waals surface area contributed by atoms with Gasteiger partial charge in [-0.05, 0) is 44.8 Å². The Balaban J connectivity index is 1.68. The number of alkyl halides is 3. The van der Waals surface area contributed by atoms with E-state index in [-0.39, 0.29) is 11.5 Å². The smallest absolute Gasteiger partial charge is 0.423 e. The molecule has 0 saturated heterocycles. The van der Waals surface area contributed by atoms with Crippen LogP contribution in [0.15, 0.2) is 121 Å². The number of benzene rings is 6. The molecule has 0 atom stereocenters. The van der Waals surface area contributed by atoms with E-state index in [9.17, 15) is 21.6 Å². The van der Waals surface area contributed by atoms with Gasteiger partial charge in [0.25, 0.3) is 0 Å². The van der Waals surface area contributed by atoms with Gasteiger partial charge in [0.15, 0.2) is 0 Å². The molecule has 7 rings (SSSR count). The van der Waals surface area contributed by atoms with Crippen molar-refractivity contribution in [1.82, 2.24) is 4.49 Å². The maximum atomic E-state index is 13.8. The Morgan fingerprint density at radius 1 is 0.614 bits per heavy atom. The normalized spacial score (nSPS) is 14.2. The lowest BCUT2D eigenvalue weighted by Gasteiger charge is -2.25. The molecule has 0 amide bonds. The van der Waals surface area contributed by atoms with Gasteiger partial charge in [0.2, 0.25) is 0 Å². The number of nitrogens with one attached hydrogen (secondary N) is 1. The summed E-state index contributed by atoms with van der Waals surface area (Å²) in [6.45, 7) is -4.51. The SMILES string of the molecule is O=S(=O)(NP1(=S)Oc2c(-c3ccccc3)cc3ccccc3c2-c2c(c(-c3ccccc3)cc3ccccc23)O1)C(F)(F)F. The van der Waals surface area contributed by atoms with Crippen molar-refractivity contribution in [3.8, 4) is 44.9 Å². The van der Waals surface area contributed by atoms with Crippen molar-refractivity contribution in [3.63, 3.8) is 0 Å². The van der Waals surface area contributed by atoms with Crippen molar-refractivity contribution in [3.05, 3.63) is 121 Å². The van der Waals surface area contributed by atoms with E-state index in [4.69, 9.17) is 20.9 Å². The second kappa shape index (κ2) is 10.5. The standard InChI is InChI=1S/C33H21F3NO4PS2/c34-33(35,36)44(38,39)37-42(43)40-31-27(21-11-3-1-4-12-21)19-23-15-7-9-17-25(23)29(31)30-26-18-10-8-16-24(26)20-28(32(30)41-42)22-13-5-2-6-14-22/h1-20H,(H,37,43). The summed E-state index contributed by atoms with van der Waals surface area (Å²) in [6, 6.07) is 37.1. The van der Waals surface area contributed by atoms with E-state index < -0.39 is 22.2 Å². The minimum absolute atomic E-state index is 0.122. The molecule has 1 aliphatic heterocycles. The Hall–Kier alpha value is -4.21. The van der Waals surface area contributed by atoms with E-state index >= 15 is 0 Å². The summed E-state index contributed by atoms with van der Waals surface area (Å²) in [5.41, 5.74) is -2.16. The van der Waals surface area contributed by atoms with E-state index in [1.807, 2.05) is 121 Å². The highest BCUT2D eigenvalue weighted by atomic mass is 32.5. The van der Waals surface area contributed by atoms with Gasteiger partial charge in [0, 0.05) is 34.1 Å². The lowest BCUT2D eigenvalue weighted by atomic mass is 9.86. The van der Waals surface area contributed by atoms with Crippen LogP contribution in [-0.4, -0.2) is 13.9 Å². The first-order valence-corrected chi connectivity index (χ1v) is 17.5. The third-order valence-corrected chi connectivity index (χ3v) is 11.8. The van der Waals surface area contributed by atoms with Gasteiger partial charge < -0.3 is 9.05 Å². The number of halogens is 3. The monoisotopic (exact) mass is 647 g/mol. The summed E-state index contributed by atoms with van der Waals surface area (Å²) in [7, 11) is -5.97. The van der Waals surface area contributed by atoms with Gasteiger partial charge >= 0.3 is 22.2 Å². The highest BCUT2D eigenvalue weighted by molar-refractivity contribution is 8.14. The molecule has 0 bridgehead atoms. The molecule has 44 heavy (non-hydrogen) atoms. The van der Waals surface area contributed by atoms with Gasteiger partial charge in [-0.2, -0.15) is 13.2 Å². The Morgan fingerprint density at radius 2 is 1.00 bits per heavy atom. The van der Waals surface area contributed by atoms with Gasteiger partial charge in [-0.3, -0.25) is 0 Å². The number of hydrogen-bond donors (Lipinski definition) is 1. The Bertz CT molecular complexity index is 2110. The third kappa shape index (κ3) is 4.84. The number of rotatable bonds is 4. The lowest BCUT2D eigenvalue weighted by molar-refractivity contribution is -0.0442. The van der Waals surface area contributed by atoms with Crippen LogP contribution in [0, 0.1) is 0 Å². The van der Waals surface area contributed by atoms with Crippen LogP contribution in [0.1, 0.15) is 0 Å². The Labute approximate surface area is 256 Å².